The van der Waals surface area contributed by atoms with E-state index in [1.165, 1.54) is 24.0 Å². The zero-order valence-corrected chi connectivity index (χ0v) is 30.2. The number of benzene rings is 2. The topological polar surface area (TPSA) is 140 Å². The number of unbranched alkanes of at least 4 members (excludes halogenated alkanes) is 2. The molecule has 46 heavy (non-hydrogen) atoms. The van der Waals surface area contributed by atoms with Crippen LogP contribution in [0.3, 0.4) is 0 Å². The van der Waals surface area contributed by atoms with E-state index in [2.05, 4.69) is 72.7 Å². The summed E-state index contributed by atoms with van der Waals surface area (Å²) in [6.45, 7) is 17.2. The first-order chi connectivity index (χ1) is 20.9. The fourth-order valence-electron chi connectivity index (χ4n) is 5.39. The van der Waals surface area contributed by atoms with Gasteiger partial charge in [0.2, 0.25) is 0 Å². The summed E-state index contributed by atoms with van der Waals surface area (Å²) < 4.78 is 0. The minimum absolute atomic E-state index is 0. The zero-order chi connectivity index (χ0) is 33.9. The molecule has 0 spiro atoms. The van der Waals surface area contributed by atoms with Gasteiger partial charge < -0.3 is 20.4 Å². The number of hydrogen-bond donors (Lipinski definition) is 4. The van der Waals surface area contributed by atoms with Gasteiger partial charge in [-0.25, -0.2) is 0 Å². The van der Waals surface area contributed by atoms with E-state index < -0.39 is 18.4 Å². The van der Waals surface area contributed by atoms with Crippen LogP contribution in [0.5, 0.6) is 11.5 Å². The summed E-state index contributed by atoms with van der Waals surface area (Å²) in [4.78, 5) is 28.8. The Balaban J connectivity index is 0.00000119. The number of aliphatic carboxylic acids is 2. The predicted octanol–water partition coefficient (Wildman–Crippen LogP) is 8.13. The molecule has 0 radical (unpaired) electrons. The number of aromatic hydroxyl groups is 2. The van der Waals surface area contributed by atoms with E-state index in [-0.39, 0.29) is 40.3 Å². The number of aliphatic imine (C=N–C) groups is 2. The molecule has 1 saturated carbocycles. The van der Waals surface area contributed by atoms with Crippen LogP contribution < -0.4 is 0 Å². The van der Waals surface area contributed by atoms with Crippen LogP contribution in [0.25, 0.3) is 0 Å². The molecule has 2 aromatic rings. The van der Waals surface area contributed by atoms with E-state index in [0.29, 0.717) is 11.5 Å². The molecule has 1 fully saturated rings. The van der Waals surface area contributed by atoms with Crippen molar-refractivity contribution in [2.75, 3.05) is 0 Å². The molecule has 2 atom stereocenters. The molecule has 0 amide bonds. The van der Waals surface area contributed by atoms with Gasteiger partial charge in [-0.1, -0.05) is 86.3 Å². The number of phenols is 2. The number of phenolic OH excluding ortho intramolecular Hbond substituents is 2. The first-order valence-corrected chi connectivity index (χ1v) is 16.1. The van der Waals surface area contributed by atoms with Gasteiger partial charge in [0.05, 0.1) is 12.1 Å². The molecule has 0 aliphatic heterocycles. The van der Waals surface area contributed by atoms with Crippen molar-refractivity contribution in [2.24, 2.45) is 9.98 Å². The number of rotatable bonds is 10. The van der Waals surface area contributed by atoms with Crippen LogP contribution in [-0.2, 0) is 44.2 Å². The van der Waals surface area contributed by atoms with Crippen LogP contribution >= 0.6 is 0 Å². The van der Waals surface area contributed by atoms with E-state index in [1.807, 2.05) is 19.4 Å². The van der Waals surface area contributed by atoms with E-state index in [9.17, 15) is 19.8 Å². The SMILES string of the molecule is CCCCCc1cc(C)c(O)c(C=NC2CCCCC2N=Cc2cc(C(C)(C)C)cc(C(C)(C)C)c2O)c1.O=C(O)CC(=O)O.[Cr]. The predicted molar refractivity (Wildman–Crippen MR) is 183 cm³/mol. The van der Waals surface area contributed by atoms with Gasteiger partial charge in [-0.05, 0) is 72.3 Å². The molecule has 254 valence electrons. The normalized spacial score (nSPS) is 17.0. The summed E-state index contributed by atoms with van der Waals surface area (Å²) in [5.74, 6) is -1.98. The largest absolute Gasteiger partial charge is 0.507 e. The van der Waals surface area contributed by atoms with Crippen LogP contribution in [0.15, 0.2) is 34.3 Å². The Morgan fingerprint density at radius 1 is 0.804 bits per heavy atom. The molecule has 0 saturated heterocycles. The molecule has 0 bridgehead atoms. The average molecular weight is 675 g/mol. The molecule has 8 nitrogen and oxygen atoms in total. The van der Waals surface area contributed by atoms with Crippen molar-refractivity contribution in [1.29, 1.82) is 0 Å². The first kappa shape index (κ1) is 40.9. The van der Waals surface area contributed by atoms with Crippen LogP contribution in [0.1, 0.15) is 133 Å². The molecule has 1 aliphatic carbocycles. The van der Waals surface area contributed by atoms with Crippen LogP contribution in [0.2, 0.25) is 0 Å². The Hall–Kier alpha value is -3.15. The van der Waals surface area contributed by atoms with Gasteiger partial charge >= 0.3 is 11.9 Å². The molecular formula is C37H54CrN2O6. The van der Waals surface area contributed by atoms with E-state index in [4.69, 9.17) is 20.2 Å². The van der Waals surface area contributed by atoms with Crippen molar-refractivity contribution >= 4 is 24.4 Å². The Morgan fingerprint density at radius 2 is 1.33 bits per heavy atom. The molecule has 2 aromatic carbocycles. The Morgan fingerprint density at radius 3 is 1.76 bits per heavy atom. The smallest absolute Gasteiger partial charge is 0.314 e. The van der Waals surface area contributed by atoms with Crippen LogP contribution in [0.4, 0.5) is 0 Å². The van der Waals surface area contributed by atoms with Crippen LogP contribution in [-0.4, -0.2) is 56.9 Å². The molecule has 1 aliphatic rings. The summed E-state index contributed by atoms with van der Waals surface area (Å²) in [7, 11) is 0. The second kappa shape index (κ2) is 18.3. The number of carbonyl (C=O) groups is 2. The fraction of sp³-hybridized carbons (Fsp3) is 0.568. The third-order valence-corrected chi connectivity index (χ3v) is 8.08. The number of carboxylic acids is 2. The molecule has 0 heterocycles. The summed E-state index contributed by atoms with van der Waals surface area (Å²) in [5, 5.41) is 37.3. The van der Waals surface area contributed by atoms with Crippen molar-refractivity contribution < 1.29 is 47.4 Å². The van der Waals surface area contributed by atoms with Crippen molar-refractivity contribution in [3.05, 3.63) is 57.6 Å². The van der Waals surface area contributed by atoms with Crippen molar-refractivity contribution in [1.82, 2.24) is 0 Å². The molecule has 2 unspecified atom stereocenters. The standard InChI is InChI=1S/C34H50N2O2.C3H4O4.Cr/c1-9-10-11-14-24-17-23(2)31(37)25(18-24)21-35-29-15-12-13-16-30(29)36-22-26-19-27(33(3,4)5)20-28(32(26)38)34(6,7)8;4-2(5)1-3(6)7;/h17-22,29-30,37-38H,9-16H2,1-8H3;1H2,(H,4,5)(H,6,7);. The summed E-state index contributed by atoms with van der Waals surface area (Å²) in [5.41, 5.74) is 5.70. The second-order valence-electron chi connectivity index (χ2n) is 14.2. The van der Waals surface area contributed by atoms with Gasteiger partial charge in [0.25, 0.3) is 0 Å². The maximum Gasteiger partial charge on any atom is 0.314 e. The minimum Gasteiger partial charge on any atom is -0.507 e. The number of hydrogen-bond acceptors (Lipinski definition) is 6. The Bertz CT molecular complexity index is 1360. The first-order valence-electron chi connectivity index (χ1n) is 16.1. The Kier molecular flexibility index (Phi) is 16.2. The van der Waals surface area contributed by atoms with Gasteiger partial charge in [0.15, 0.2) is 0 Å². The van der Waals surface area contributed by atoms with Crippen molar-refractivity contribution in [2.45, 2.75) is 136 Å². The molecule has 4 N–H and O–H groups in total. The van der Waals surface area contributed by atoms with E-state index in [1.54, 1.807) is 0 Å². The summed E-state index contributed by atoms with van der Waals surface area (Å²) in [6.07, 6.45) is 11.8. The zero-order valence-electron chi connectivity index (χ0n) is 28.9. The quantitative estimate of drug-likeness (QED) is 0.114. The number of aryl methyl sites for hydroxylation is 2. The maximum atomic E-state index is 11.2. The van der Waals surface area contributed by atoms with Crippen molar-refractivity contribution in [3.63, 3.8) is 0 Å². The third-order valence-electron chi connectivity index (χ3n) is 8.08. The van der Waals surface area contributed by atoms with Gasteiger partial charge in [-0.2, -0.15) is 0 Å². The monoisotopic (exact) mass is 674 g/mol. The number of nitrogens with zero attached hydrogens (tertiary/aromatic N) is 2. The molecule has 9 heteroatoms. The van der Waals surface area contributed by atoms with Gasteiger partial charge in [0.1, 0.15) is 17.9 Å². The molecule has 3 rings (SSSR count). The number of carboxylic acid groups (broad SMARTS) is 2. The Labute approximate surface area is 286 Å². The second-order valence-corrected chi connectivity index (χ2v) is 14.2. The summed E-state index contributed by atoms with van der Waals surface area (Å²) in [6, 6.07) is 8.54. The molecule has 0 aromatic heterocycles. The van der Waals surface area contributed by atoms with Crippen LogP contribution in [0, 0.1) is 6.92 Å². The minimum atomic E-state index is -1.31. The average Bonchev–Trinajstić information content (AvgIpc) is 2.92. The van der Waals surface area contributed by atoms with E-state index in [0.717, 1.165) is 60.8 Å². The fourth-order valence-corrected chi connectivity index (χ4v) is 5.39. The maximum absolute atomic E-state index is 11.2. The van der Waals surface area contributed by atoms with Gasteiger partial charge in [-0.15, -0.1) is 0 Å². The van der Waals surface area contributed by atoms with Gasteiger partial charge in [0, 0.05) is 46.5 Å². The molecular weight excluding hydrogens is 620 g/mol. The third kappa shape index (κ3) is 12.9. The van der Waals surface area contributed by atoms with Gasteiger partial charge in [-0.3, -0.25) is 19.6 Å². The van der Waals surface area contributed by atoms with E-state index >= 15 is 0 Å². The summed E-state index contributed by atoms with van der Waals surface area (Å²) >= 11 is 0. The van der Waals surface area contributed by atoms with Crippen molar-refractivity contribution in [3.8, 4) is 11.5 Å².